The zero-order valence-electron chi connectivity index (χ0n) is 10.3. The molecule has 3 N–H and O–H groups in total. The van der Waals surface area contributed by atoms with Crippen LogP contribution in [-0.4, -0.2) is 16.4 Å². The van der Waals surface area contributed by atoms with Gasteiger partial charge in [0.2, 0.25) is 0 Å². The first-order chi connectivity index (χ1) is 9.90. The summed E-state index contributed by atoms with van der Waals surface area (Å²) in [5.41, 5.74) is 4.00. The number of benzene rings is 1. The van der Waals surface area contributed by atoms with Gasteiger partial charge in [0.15, 0.2) is 0 Å². The average molecular weight is 291 g/mol. The van der Waals surface area contributed by atoms with Gasteiger partial charge in [0.1, 0.15) is 17.5 Å². The van der Waals surface area contributed by atoms with Crippen molar-refractivity contribution in [2.75, 3.05) is 5.73 Å². The largest absolute Gasteiger partial charge is 0.384 e. The van der Waals surface area contributed by atoms with Crippen LogP contribution in [0.1, 0.15) is 20.7 Å². The molecule has 0 saturated carbocycles. The third-order valence-electron chi connectivity index (χ3n) is 3.10. The van der Waals surface area contributed by atoms with Gasteiger partial charge in [-0.2, -0.15) is 0 Å². The van der Waals surface area contributed by atoms with Crippen molar-refractivity contribution in [2.45, 2.75) is 0 Å². The first kappa shape index (κ1) is 13.0. The maximum absolute atomic E-state index is 13.8. The summed E-state index contributed by atoms with van der Waals surface area (Å²) in [7, 11) is 0. The number of pyridine rings is 1. The Bertz CT molecular complexity index is 874. The number of halogens is 2. The van der Waals surface area contributed by atoms with E-state index in [1.54, 1.807) is 0 Å². The molecule has 2 amide bonds. The number of nitrogens with zero attached hydrogens (tertiary/aromatic N) is 1. The Morgan fingerprint density at radius 2 is 1.76 bits per heavy atom. The topological polar surface area (TPSA) is 94.2 Å². The van der Waals surface area contributed by atoms with Gasteiger partial charge in [-0.25, -0.2) is 8.78 Å². The number of rotatable bonds is 1. The molecular formula is C13H7F2N3O3. The molecule has 8 heteroatoms. The highest BCUT2D eigenvalue weighted by molar-refractivity contribution is 6.23. The van der Waals surface area contributed by atoms with Gasteiger partial charge in [-0.15, -0.1) is 0 Å². The lowest BCUT2D eigenvalue weighted by molar-refractivity contribution is 0.0880. The Hall–Kier alpha value is -3.03. The summed E-state index contributed by atoms with van der Waals surface area (Å²) in [5, 5.41) is 1.98. The molecule has 1 aliphatic heterocycles. The summed E-state index contributed by atoms with van der Waals surface area (Å²) < 4.78 is 27.7. The van der Waals surface area contributed by atoms with Gasteiger partial charge in [-0.05, 0) is 12.1 Å². The number of hydrogen-bond donors (Lipinski definition) is 2. The molecule has 0 spiro atoms. The fourth-order valence-corrected chi connectivity index (χ4v) is 2.19. The smallest absolute Gasteiger partial charge is 0.262 e. The molecule has 2 aromatic rings. The Morgan fingerprint density at radius 1 is 1.05 bits per heavy atom. The fourth-order valence-electron chi connectivity index (χ4n) is 2.19. The fraction of sp³-hybridized carbons (Fsp3) is 0. The van der Waals surface area contributed by atoms with Crippen LogP contribution in [-0.2, 0) is 0 Å². The van der Waals surface area contributed by atoms with Crippen LogP contribution in [0.5, 0.6) is 0 Å². The first-order valence-corrected chi connectivity index (χ1v) is 5.77. The van der Waals surface area contributed by atoms with E-state index in [2.05, 4.69) is 0 Å². The summed E-state index contributed by atoms with van der Waals surface area (Å²) in [5.74, 6) is -3.65. The number of fused-ring (bicyclic) bond motifs is 1. The van der Waals surface area contributed by atoms with Crippen LogP contribution in [0.2, 0.25) is 0 Å². The number of aromatic nitrogens is 1. The zero-order chi connectivity index (χ0) is 15.3. The molecule has 0 bridgehead atoms. The van der Waals surface area contributed by atoms with E-state index in [0.717, 1.165) is 24.3 Å². The minimum Gasteiger partial charge on any atom is -0.384 e. The maximum atomic E-state index is 13.8. The van der Waals surface area contributed by atoms with Crippen molar-refractivity contribution in [3.63, 3.8) is 0 Å². The van der Waals surface area contributed by atoms with Gasteiger partial charge in [0.05, 0.1) is 16.8 Å². The van der Waals surface area contributed by atoms with Crippen LogP contribution in [0, 0.1) is 11.6 Å². The number of hydrogen-bond acceptors (Lipinski definition) is 4. The van der Waals surface area contributed by atoms with E-state index in [1.807, 2.05) is 5.32 Å². The van der Waals surface area contributed by atoms with Crippen molar-refractivity contribution < 1.29 is 18.4 Å². The summed E-state index contributed by atoms with van der Waals surface area (Å²) in [6.07, 6.45) is 0. The quantitative estimate of drug-likeness (QED) is 0.751. The highest BCUT2D eigenvalue weighted by atomic mass is 19.1. The highest BCUT2D eigenvalue weighted by Gasteiger charge is 2.32. The van der Waals surface area contributed by atoms with E-state index >= 15 is 0 Å². The molecule has 21 heavy (non-hydrogen) atoms. The third-order valence-corrected chi connectivity index (χ3v) is 3.10. The van der Waals surface area contributed by atoms with E-state index < -0.39 is 40.5 Å². The molecule has 0 unspecified atom stereocenters. The normalized spacial score (nSPS) is 13.2. The Kier molecular flexibility index (Phi) is 2.62. The second kappa shape index (κ2) is 4.23. The summed E-state index contributed by atoms with van der Waals surface area (Å²) >= 11 is 0. The molecule has 3 rings (SSSR count). The molecule has 2 heterocycles. The van der Waals surface area contributed by atoms with Gasteiger partial charge >= 0.3 is 0 Å². The lowest BCUT2D eigenvalue weighted by Gasteiger charge is -2.12. The van der Waals surface area contributed by atoms with Crippen LogP contribution in [0.4, 0.5) is 14.6 Å². The average Bonchev–Trinajstić information content (AvgIpc) is 2.68. The van der Waals surface area contributed by atoms with Crippen molar-refractivity contribution in [1.82, 2.24) is 9.88 Å². The van der Waals surface area contributed by atoms with Gasteiger partial charge in [-0.3, -0.25) is 24.3 Å². The summed E-state index contributed by atoms with van der Waals surface area (Å²) in [6, 6.07) is 3.34. The van der Waals surface area contributed by atoms with Gasteiger partial charge in [0, 0.05) is 12.1 Å². The van der Waals surface area contributed by atoms with E-state index in [-0.39, 0.29) is 11.1 Å². The van der Waals surface area contributed by atoms with Gasteiger partial charge < -0.3 is 5.73 Å². The molecule has 0 fully saturated rings. The van der Waals surface area contributed by atoms with Crippen molar-refractivity contribution in [1.29, 1.82) is 0 Å². The van der Waals surface area contributed by atoms with E-state index in [1.165, 1.54) is 0 Å². The standard InChI is InChI=1S/C13H7F2N3O3/c14-5-1-2-7(15)8(3-5)18-9(19)4-6-10(11(18)16)13(21)17-12(6)20/h1-4H,16H2,(H,17,20,21). The number of imide groups is 1. The number of nitrogens with two attached hydrogens (primary N) is 1. The lowest BCUT2D eigenvalue weighted by Crippen LogP contribution is -2.24. The molecule has 0 radical (unpaired) electrons. The Labute approximate surface area is 115 Å². The Morgan fingerprint density at radius 3 is 2.48 bits per heavy atom. The van der Waals surface area contributed by atoms with Crippen molar-refractivity contribution in [2.24, 2.45) is 0 Å². The van der Waals surface area contributed by atoms with E-state index in [4.69, 9.17) is 5.73 Å². The Balaban J connectivity index is 2.38. The van der Waals surface area contributed by atoms with Crippen LogP contribution in [0.15, 0.2) is 29.1 Å². The van der Waals surface area contributed by atoms with E-state index in [9.17, 15) is 23.2 Å². The number of anilines is 1. The summed E-state index contributed by atoms with van der Waals surface area (Å²) in [6.45, 7) is 0. The number of nitrogens with one attached hydrogen (secondary N) is 1. The summed E-state index contributed by atoms with van der Waals surface area (Å²) in [4.78, 5) is 35.1. The number of amides is 2. The molecule has 0 saturated heterocycles. The number of nitrogen functional groups attached to an aromatic ring is 1. The van der Waals surface area contributed by atoms with Gasteiger partial charge in [-0.1, -0.05) is 0 Å². The number of carbonyl (C=O) groups excluding carboxylic acids is 2. The molecule has 106 valence electrons. The minimum absolute atomic E-state index is 0.185. The second-order valence-corrected chi connectivity index (χ2v) is 4.37. The highest BCUT2D eigenvalue weighted by Crippen LogP contribution is 2.24. The first-order valence-electron chi connectivity index (χ1n) is 5.77. The van der Waals surface area contributed by atoms with Crippen LogP contribution < -0.4 is 16.6 Å². The van der Waals surface area contributed by atoms with Crippen molar-refractivity contribution >= 4 is 17.6 Å². The molecular weight excluding hydrogens is 284 g/mol. The maximum Gasteiger partial charge on any atom is 0.262 e. The van der Waals surface area contributed by atoms with Crippen molar-refractivity contribution in [3.8, 4) is 5.69 Å². The minimum atomic E-state index is -0.894. The molecule has 1 aromatic heterocycles. The molecule has 6 nitrogen and oxygen atoms in total. The van der Waals surface area contributed by atoms with E-state index in [0.29, 0.717) is 4.57 Å². The molecule has 1 aromatic carbocycles. The van der Waals surface area contributed by atoms with Crippen LogP contribution >= 0.6 is 0 Å². The van der Waals surface area contributed by atoms with Crippen molar-refractivity contribution in [3.05, 3.63) is 57.4 Å². The van der Waals surface area contributed by atoms with Crippen LogP contribution in [0.3, 0.4) is 0 Å². The van der Waals surface area contributed by atoms with Crippen LogP contribution in [0.25, 0.3) is 5.69 Å². The molecule has 1 aliphatic rings. The zero-order valence-corrected chi connectivity index (χ0v) is 10.3. The predicted octanol–water partition coefficient (Wildman–Crippen LogP) is 0.582. The molecule has 0 atom stereocenters. The predicted molar refractivity (Wildman–Crippen MR) is 68.2 cm³/mol. The SMILES string of the molecule is Nc1c2c(cc(=O)n1-c1cc(F)ccc1F)C(=O)NC2=O. The number of carbonyl (C=O) groups is 2. The second-order valence-electron chi connectivity index (χ2n) is 4.37. The third kappa shape index (κ3) is 1.80. The van der Waals surface area contributed by atoms with Gasteiger partial charge in [0.25, 0.3) is 17.4 Å². The monoisotopic (exact) mass is 291 g/mol. The lowest BCUT2D eigenvalue weighted by atomic mass is 10.1. The molecule has 0 aliphatic carbocycles.